The van der Waals surface area contributed by atoms with Crippen LogP contribution in [0.3, 0.4) is 0 Å². The first-order valence-electron chi connectivity index (χ1n) is 11.1. The van der Waals surface area contributed by atoms with E-state index in [1.807, 2.05) is 6.07 Å². The van der Waals surface area contributed by atoms with Crippen molar-refractivity contribution in [3.05, 3.63) is 120 Å². The number of ether oxygens (including phenoxy) is 1. The van der Waals surface area contributed by atoms with E-state index < -0.39 is 0 Å². The van der Waals surface area contributed by atoms with Gasteiger partial charge in [-0.05, 0) is 51.2 Å². The summed E-state index contributed by atoms with van der Waals surface area (Å²) in [5.74, 6) is 1.90. The van der Waals surface area contributed by atoms with E-state index in [0.29, 0.717) is 0 Å². The zero-order valence-corrected chi connectivity index (χ0v) is 18.3. The molecule has 0 amide bonds. The molecule has 5 aromatic rings. The fourth-order valence-corrected chi connectivity index (χ4v) is 4.98. The van der Waals surface area contributed by atoms with E-state index in [2.05, 4.69) is 117 Å². The quantitative estimate of drug-likeness (QED) is 0.282. The van der Waals surface area contributed by atoms with E-state index in [1.54, 1.807) is 0 Å². The highest BCUT2D eigenvalue weighted by Crippen LogP contribution is 2.48. The molecule has 1 aliphatic rings. The average molecular weight is 413 g/mol. The molecule has 1 nitrogen and oxygen atoms in total. The second-order valence-corrected chi connectivity index (χ2v) is 9.04. The van der Waals surface area contributed by atoms with Gasteiger partial charge in [0.15, 0.2) is 0 Å². The maximum Gasteiger partial charge on any atom is 0.132 e. The minimum atomic E-state index is -0.0898. The van der Waals surface area contributed by atoms with Gasteiger partial charge in [-0.15, -0.1) is 0 Å². The first kappa shape index (κ1) is 18.9. The van der Waals surface area contributed by atoms with Gasteiger partial charge in [-0.3, -0.25) is 0 Å². The summed E-state index contributed by atoms with van der Waals surface area (Å²) >= 11 is 0. The molecule has 0 saturated heterocycles. The van der Waals surface area contributed by atoms with Crippen LogP contribution in [-0.2, 0) is 5.41 Å². The number of para-hydroxylation sites is 1. The molecule has 1 heterocycles. The summed E-state index contributed by atoms with van der Waals surface area (Å²) in [5.41, 5.74) is 7.22. The fraction of sp³-hybridized carbons (Fsp3) is 0.0968. The molecule has 0 aromatic heterocycles. The van der Waals surface area contributed by atoms with Crippen LogP contribution in [0.1, 0.15) is 25.0 Å². The summed E-state index contributed by atoms with van der Waals surface area (Å²) in [6, 6.07) is 38.9. The average Bonchev–Trinajstić information content (AvgIpc) is 2.83. The molecule has 0 bridgehead atoms. The largest absolute Gasteiger partial charge is 0.457 e. The Morgan fingerprint density at radius 1 is 0.531 bits per heavy atom. The van der Waals surface area contributed by atoms with Gasteiger partial charge in [0.25, 0.3) is 0 Å². The van der Waals surface area contributed by atoms with Crippen molar-refractivity contribution in [1.29, 1.82) is 0 Å². The molecule has 154 valence electrons. The highest BCUT2D eigenvalue weighted by Gasteiger charge is 2.33. The Morgan fingerprint density at radius 3 is 2.16 bits per heavy atom. The second-order valence-electron chi connectivity index (χ2n) is 9.04. The van der Waals surface area contributed by atoms with Gasteiger partial charge in [0.2, 0.25) is 0 Å². The monoisotopic (exact) mass is 412 g/mol. The SMILES string of the molecule is CC1(C)c2ccccc2Oc2cc(-c3cccc(-c4cccc5ccccc45)c3)ccc21. The number of hydrogen-bond donors (Lipinski definition) is 0. The van der Waals surface area contributed by atoms with E-state index in [9.17, 15) is 0 Å². The van der Waals surface area contributed by atoms with Crippen molar-refractivity contribution in [2.75, 3.05) is 0 Å². The Kier molecular flexibility index (Phi) is 4.19. The maximum absolute atomic E-state index is 6.35. The molecular formula is C31H24O. The maximum atomic E-state index is 6.35. The second kappa shape index (κ2) is 7.10. The van der Waals surface area contributed by atoms with E-state index in [-0.39, 0.29) is 5.41 Å². The van der Waals surface area contributed by atoms with Gasteiger partial charge in [0, 0.05) is 16.5 Å². The number of benzene rings is 5. The molecule has 6 rings (SSSR count). The normalized spacial score (nSPS) is 13.8. The highest BCUT2D eigenvalue weighted by molar-refractivity contribution is 5.97. The standard InChI is InChI=1S/C31H24O/c1-31(2)27-15-5-6-16-29(27)32-30-20-23(17-18-28(30)31)22-11-7-12-24(19-22)26-14-8-10-21-9-3-4-13-25(21)26/h3-20H,1-2H3. The Labute approximate surface area is 188 Å². The van der Waals surface area contributed by atoms with E-state index in [0.717, 1.165) is 11.5 Å². The lowest BCUT2D eigenvalue weighted by Gasteiger charge is -2.34. The molecular weight excluding hydrogens is 388 g/mol. The summed E-state index contributed by atoms with van der Waals surface area (Å²) in [5, 5.41) is 2.54. The zero-order chi connectivity index (χ0) is 21.7. The Bertz CT molecular complexity index is 1470. The molecule has 0 spiro atoms. The first-order valence-corrected chi connectivity index (χ1v) is 11.1. The van der Waals surface area contributed by atoms with E-state index >= 15 is 0 Å². The molecule has 0 atom stereocenters. The number of fused-ring (bicyclic) bond motifs is 3. The molecule has 0 aliphatic carbocycles. The molecule has 1 heteroatoms. The third kappa shape index (κ3) is 2.93. The van der Waals surface area contributed by atoms with Crippen molar-refractivity contribution in [2.24, 2.45) is 0 Å². The van der Waals surface area contributed by atoms with Crippen molar-refractivity contribution < 1.29 is 4.74 Å². The predicted molar refractivity (Wildman–Crippen MR) is 133 cm³/mol. The first-order chi connectivity index (χ1) is 15.6. The lowest BCUT2D eigenvalue weighted by molar-refractivity contribution is 0.418. The van der Waals surface area contributed by atoms with Crippen LogP contribution in [0.25, 0.3) is 33.0 Å². The predicted octanol–water partition coefficient (Wildman–Crippen LogP) is 8.61. The topological polar surface area (TPSA) is 9.23 Å². The van der Waals surface area contributed by atoms with Crippen LogP contribution >= 0.6 is 0 Å². The van der Waals surface area contributed by atoms with Crippen LogP contribution in [0.15, 0.2) is 109 Å². The lowest BCUT2D eigenvalue weighted by Crippen LogP contribution is -2.24. The van der Waals surface area contributed by atoms with Gasteiger partial charge in [0.1, 0.15) is 11.5 Å². The van der Waals surface area contributed by atoms with Crippen LogP contribution in [0.5, 0.6) is 11.5 Å². The van der Waals surface area contributed by atoms with Gasteiger partial charge in [-0.1, -0.05) is 105 Å². The lowest BCUT2D eigenvalue weighted by atomic mass is 9.75. The minimum Gasteiger partial charge on any atom is -0.457 e. The molecule has 0 N–H and O–H groups in total. The van der Waals surface area contributed by atoms with Gasteiger partial charge in [-0.2, -0.15) is 0 Å². The van der Waals surface area contributed by atoms with Crippen molar-refractivity contribution >= 4 is 10.8 Å². The molecule has 1 aliphatic heterocycles. The Hall–Kier alpha value is -3.84. The van der Waals surface area contributed by atoms with Gasteiger partial charge >= 0.3 is 0 Å². The Morgan fingerprint density at radius 2 is 1.22 bits per heavy atom. The van der Waals surface area contributed by atoms with Crippen LogP contribution < -0.4 is 4.74 Å². The van der Waals surface area contributed by atoms with Crippen LogP contribution in [0, 0.1) is 0 Å². The third-order valence-electron chi connectivity index (χ3n) is 6.73. The number of rotatable bonds is 2. The summed E-state index contributed by atoms with van der Waals surface area (Å²) in [6.07, 6.45) is 0. The number of hydrogen-bond acceptors (Lipinski definition) is 1. The third-order valence-corrected chi connectivity index (χ3v) is 6.73. The van der Waals surface area contributed by atoms with Crippen molar-refractivity contribution in [3.63, 3.8) is 0 Å². The molecule has 0 fully saturated rings. The van der Waals surface area contributed by atoms with E-state index in [4.69, 9.17) is 4.74 Å². The van der Waals surface area contributed by atoms with Crippen molar-refractivity contribution in [2.45, 2.75) is 19.3 Å². The fourth-order valence-electron chi connectivity index (χ4n) is 4.98. The van der Waals surface area contributed by atoms with Crippen molar-refractivity contribution in [1.82, 2.24) is 0 Å². The Balaban J connectivity index is 1.45. The van der Waals surface area contributed by atoms with Crippen molar-refractivity contribution in [3.8, 4) is 33.8 Å². The van der Waals surface area contributed by atoms with Gasteiger partial charge in [0.05, 0.1) is 0 Å². The molecule has 0 saturated carbocycles. The molecule has 5 aromatic carbocycles. The van der Waals surface area contributed by atoms with Gasteiger partial charge < -0.3 is 4.74 Å². The molecule has 32 heavy (non-hydrogen) atoms. The zero-order valence-electron chi connectivity index (χ0n) is 18.3. The smallest absolute Gasteiger partial charge is 0.132 e. The summed E-state index contributed by atoms with van der Waals surface area (Å²) in [6.45, 7) is 4.54. The van der Waals surface area contributed by atoms with Gasteiger partial charge in [-0.25, -0.2) is 0 Å². The summed E-state index contributed by atoms with van der Waals surface area (Å²) < 4.78 is 6.35. The summed E-state index contributed by atoms with van der Waals surface area (Å²) in [4.78, 5) is 0. The molecule has 0 radical (unpaired) electrons. The minimum absolute atomic E-state index is 0.0898. The van der Waals surface area contributed by atoms with E-state index in [1.165, 1.54) is 44.2 Å². The van der Waals surface area contributed by atoms with Crippen LogP contribution in [-0.4, -0.2) is 0 Å². The summed E-state index contributed by atoms with van der Waals surface area (Å²) in [7, 11) is 0. The highest BCUT2D eigenvalue weighted by atomic mass is 16.5. The molecule has 0 unspecified atom stereocenters. The van der Waals surface area contributed by atoms with Crippen LogP contribution in [0.4, 0.5) is 0 Å². The van der Waals surface area contributed by atoms with Crippen LogP contribution in [0.2, 0.25) is 0 Å².